The maximum absolute atomic E-state index is 12.5. The van der Waals surface area contributed by atoms with Crippen molar-refractivity contribution in [2.24, 2.45) is 0 Å². The molecule has 0 spiro atoms. The van der Waals surface area contributed by atoms with Crippen molar-refractivity contribution < 1.29 is 13.2 Å². The molecule has 0 saturated heterocycles. The van der Waals surface area contributed by atoms with Crippen molar-refractivity contribution in [2.45, 2.75) is 13.1 Å². The van der Waals surface area contributed by atoms with Crippen molar-refractivity contribution in [3.05, 3.63) is 46.2 Å². The smallest absolute Gasteiger partial charge is 0.166 e. The van der Waals surface area contributed by atoms with E-state index in [-0.39, 0.29) is 0 Å². The lowest BCUT2D eigenvalue weighted by molar-refractivity contribution is -0.137. The van der Waals surface area contributed by atoms with Crippen LogP contribution >= 0.6 is 11.3 Å². The third kappa shape index (κ3) is 2.11. The second-order valence-corrected chi connectivity index (χ2v) is 4.59. The van der Waals surface area contributed by atoms with Gasteiger partial charge in [-0.25, -0.2) is 0 Å². The summed E-state index contributed by atoms with van der Waals surface area (Å²) in [4.78, 5) is 1.03. The first kappa shape index (κ1) is 11.2. The fraction of sp³-hybridized carbons (Fsp3) is 0.167. The highest BCUT2D eigenvalue weighted by Gasteiger charge is 2.30. The first-order valence-corrected chi connectivity index (χ1v) is 5.58. The van der Waals surface area contributed by atoms with Crippen molar-refractivity contribution >= 4 is 11.3 Å². The monoisotopic (exact) mass is 242 g/mol. The van der Waals surface area contributed by atoms with Crippen LogP contribution in [0.5, 0.6) is 0 Å². The van der Waals surface area contributed by atoms with Crippen molar-refractivity contribution in [3.8, 4) is 11.1 Å². The summed E-state index contributed by atoms with van der Waals surface area (Å²) >= 11 is 1.53. The summed E-state index contributed by atoms with van der Waals surface area (Å²) in [5.74, 6) is 0. The molecule has 4 heteroatoms. The quantitative estimate of drug-likeness (QED) is 0.677. The van der Waals surface area contributed by atoms with Crippen molar-refractivity contribution in [3.63, 3.8) is 0 Å². The average Bonchev–Trinajstić information content (AvgIpc) is 2.63. The second-order valence-electron chi connectivity index (χ2n) is 3.47. The molecule has 0 radical (unpaired) electrons. The SMILES string of the molecule is Cc1sccc1-c1cccc(C(F)(F)F)c1. The number of alkyl halides is 3. The second kappa shape index (κ2) is 3.94. The van der Waals surface area contributed by atoms with Crippen LogP contribution in [-0.4, -0.2) is 0 Å². The van der Waals surface area contributed by atoms with Crippen LogP contribution < -0.4 is 0 Å². The van der Waals surface area contributed by atoms with Crippen molar-refractivity contribution in [1.82, 2.24) is 0 Å². The molecule has 2 rings (SSSR count). The van der Waals surface area contributed by atoms with Gasteiger partial charge in [-0.2, -0.15) is 13.2 Å². The van der Waals surface area contributed by atoms with Crippen LogP contribution in [0.4, 0.5) is 13.2 Å². The fourth-order valence-electron chi connectivity index (χ4n) is 1.55. The van der Waals surface area contributed by atoms with E-state index in [1.807, 2.05) is 18.4 Å². The number of hydrogen-bond donors (Lipinski definition) is 0. The van der Waals surface area contributed by atoms with Crippen molar-refractivity contribution in [2.75, 3.05) is 0 Å². The average molecular weight is 242 g/mol. The van der Waals surface area contributed by atoms with E-state index in [2.05, 4.69) is 0 Å². The van der Waals surface area contributed by atoms with Gasteiger partial charge in [-0.15, -0.1) is 11.3 Å². The Balaban J connectivity index is 2.49. The van der Waals surface area contributed by atoms with Gasteiger partial charge in [0.2, 0.25) is 0 Å². The van der Waals surface area contributed by atoms with E-state index in [0.717, 1.165) is 16.5 Å². The molecule has 0 bridgehead atoms. The number of hydrogen-bond acceptors (Lipinski definition) is 1. The van der Waals surface area contributed by atoms with Crippen molar-refractivity contribution in [1.29, 1.82) is 0 Å². The van der Waals surface area contributed by atoms with Crippen LogP contribution in [0.15, 0.2) is 35.7 Å². The summed E-state index contributed by atoms with van der Waals surface area (Å²) < 4.78 is 37.5. The molecule has 0 unspecified atom stereocenters. The minimum absolute atomic E-state index is 0.601. The molecular formula is C12H9F3S. The highest BCUT2D eigenvalue weighted by molar-refractivity contribution is 7.10. The van der Waals surface area contributed by atoms with Crippen LogP contribution in [-0.2, 0) is 6.18 Å². The van der Waals surface area contributed by atoms with E-state index in [1.54, 1.807) is 6.07 Å². The Morgan fingerprint density at radius 3 is 2.44 bits per heavy atom. The van der Waals surface area contributed by atoms with Gasteiger partial charge >= 0.3 is 6.18 Å². The first-order valence-electron chi connectivity index (χ1n) is 4.70. The Hall–Kier alpha value is -1.29. The van der Waals surface area contributed by atoms with Crippen LogP contribution in [0, 0.1) is 6.92 Å². The summed E-state index contributed by atoms with van der Waals surface area (Å²) in [5, 5.41) is 1.88. The van der Waals surface area contributed by atoms with Gasteiger partial charge in [0, 0.05) is 4.88 Å². The van der Waals surface area contributed by atoms with E-state index < -0.39 is 11.7 Å². The summed E-state index contributed by atoms with van der Waals surface area (Å²) in [6, 6.07) is 7.26. The van der Waals surface area contributed by atoms with E-state index in [9.17, 15) is 13.2 Å². The Labute approximate surface area is 95.4 Å². The summed E-state index contributed by atoms with van der Waals surface area (Å²) in [5.41, 5.74) is 0.889. The van der Waals surface area contributed by atoms with Crippen LogP contribution in [0.1, 0.15) is 10.4 Å². The highest BCUT2D eigenvalue weighted by atomic mass is 32.1. The van der Waals surface area contributed by atoms with Gasteiger partial charge in [-0.3, -0.25) is 0 Å². The minimum Gasteiger partial charge on any atom is -0.166 e. The third-order valence-electron chi connectivity index (χ3n) is 2.36. The molecule has 1 aromatic heterocycles. The normalized spacial score (nSPS) is 11.8. The van der Waals surface area contributed by atoms with Gasteiger partial charge < -0.3 is 0 Å². The van der Waals surface area contributed by atoms with Crippen LogP contribution in [0.2, 0.25) is 0 Å². The molecular weight excluding hydrogens is 233 g/mol. The van der Waals surface area contributed by atoms with Gasteiger partial charge in [0.1, 0.15) is 0 Å². The lowest BCUT2D eigenvalue weighted by Gasteiger charge is -2.08. The van der Waals surface area contributed by atoms with Gasteiger partial charge in [-0.05, 0) is 41.6 Å². The maximum Gasteiger partial charge on any atom is 0.416 e. The summed E-state index contributed by atoms with van der Waals surface area (Å²) in [7, 11) is 0. The van der Waals surface area contributed by atoms with Crippen LogP contribution in [0.3, 0.4) is 0 Å². The predicted molar refractivity (Wildman–Crippen MR) is 59.5 cm³/mol. The largest absolute Gasteiger partial charge is 0.416 e. The lowest BCUT2D eigenvalue weighted by Crippen LogP contribution is -2.04. The Kier molecular flexibility index (Phi) is 2.76. The molecule has 0 atom stereocenters. The number of rotatable bonds is 1. The molecule has 0 saturated carbocycles. The fourth-order valence-corrected chi connectivity index (χ4v) is 2.27. The molecule has 2 aromatic rings. The predicted octanol–water partition coefficient (Wildman–Crippen LogP) is 4.74. The summed E-state index contributed by atoms with van der Waals surface area (Å²) in [6.07, 6.45) is -4.28. The molecule has 0 aliphatic rings. The topological polar surface area (TPSA) is 0 Å². The molecule has 84 valence electrons. The molecule has 0 aliphatic heterocycles. The van der Waals surface area contributed by atoms with Crippen LogP contribution in [0.25, 0.3) is 11.1 Å². The molecule has 0 N–H and O–H groups in total. The highest BCUT2D eigenvalue weighted by Crippen LogP contribution is 2.34. The van der Waals surface area contributed by atoms with Gasteiger partial charge in [0.15, 0.2) is 0 Å². The van der Waals surface area contributed by atoms with Gasteiger partial charge in [0.25, 0.3) is 0 Å². The molecule has 0 amide bonds. The zero-order chi connectivity index (χ0) is 11.8. The summed E-state index contributed by atoms with van der Waals surface area (Å²) in [6.45, 7) is 1.90. The molecule has 0 aliphatic carbocycles. The standard InChI is InChI=1S/C12H9F3S/c1-8-11(5-6-16-8)9-3-2-4-10(7-9)12(13,14)15/h2-7H,1H3. The number of thiophene rings is 1. The Morgan fingerprint density at radius 1 is 1.12 bits per heavy atom. The lowest BCUT2D eigenvalue weighted by atomic mass is 10.0. The van der Waals surface area contributed by atoms with Gasteiger partial charge in [-0.1, -0.05) is 12.1 Å². The third-order valence-corrected chi connectivity index (χ3v) is 3.21. The van der Waals surface area contributed by atoms with Gasteiger partial charge in [0.05, 0.1) is 5.56 Å². The number of halogens is 3. The number of benzene rings is 1. The zero-order valence-corrected chi connectivity index (χ0v) is 9.32. The zero-order valence-electron chi connectivity index (χ0n) is 8.51. The number of aryl methyl sites for hydroxylation is 1. The Bertz CT molecular complexity index is 497. The molecule has 0 nitrogen and oxygen atoms in total. The minimum atomic E-state index is -4.28. The molecule has 1 aromatic carbocycles. The van der Waals surface area contributed by atoms with E-state index in [4.69, 9.17) is 0 Å². The first-order chi connectivity index (χ1) is 7.48. The maximum atomic E-state index is 12.5. The molecule has 0 fully saturated rings. The van der Waals surface area contributed by atoms with E-state index in [0.29, 0.717) is 5.56 Å². The van der Waals surface area contributed by atoms with E-state index >= 15 is 0 Å². The molecule has 16 heavy (non-hydrogen) atoms. The Morgan fingerprint density at radius 2 is 1.88 bits per heavy atom. The van der Waals surface area contributed by atoms with E-state index in [1.165, 1.54) is 23.5 Å². The molecule has 1 heterocycles.